The number of halogens is 4. The van der Waals surface area contributed by atoms with Gasteiger partial charge in [-0.25, -0.2) is 0 Å². The molecule has 0 aliphatic carbocycles. The maximum Gasteiger partial charge on any atom is 0.256 e. The molecule has 0 N–H and O–H groups in total. The van der Waals surface area contributed by atoms with E-state index in [1.165, 1.54) is 12.1 Å². The number of rotatable bonds is 4. The highest BCUT2D eigenvalue weighted by Gasteiger charge is 2.16. The van der Waals surface area contributed by atoms with Gasteiger partial charge in [-0.1, -0.05) is 46.9 Å². The fourth-order valence-corrected chi connectivity index (χ4v) is 2.40. The first-order valence-electron chi connectivity index (χ1n) is 5.53. The van der Waals surface area contributed by atoms with Gasteiger partial charge in [0, 0.05) is 10.0 Å². The van der Waals surface area contributed by atoms with Crippen LogP contribution in [0.4, 0.5) is 0 Å². The number of hydrogen-bond acceptors (Lipinski definition) is 2. The third-order valence-corrected chi connectivity index (χ3v) is 3.47. The number of hydrogen-bond donors (Lipinski definition) is 0. The average Bonchev–Trinajstić information content (AvgIpc) is 2.38. The topological polar surface area (TPSA) is 26.3 Å². The second-order valence-electron chi connectivity index (χ2n) is 3.95. The van der Waals surface area contributed by atoms with Crippen LogP contribution in [0, 0.1) is 0 Å². The fourth-order valence-electron chi connectivity index (χ4n) is 1.59. The van der Waals surface area contributed by atoms with Gasteiger partial charge in [-0.05, 0) is 41.4 Å². The zero-order valence-electron chi connectivity index (χ0n) is 10.00. The van der Waals surface area contributed by atoms with Crippen LogP contribution in [0.15, 0.2) is 36.4 Å². The predicted octanol–water partition coefficient (Wildman–Crippen LogP) is 5.60. The normalized spacial score (nSPS) is 10.4. The second-order valence-corrected chi connectivity index (χ2v) is 5.58. The van der Waals surface area contributed by atoms with Gasteiger partial charge in [0.1, 0.15) is 6.61 Å². The van der Waals surface area contributed by atoms with E-state index in [-0.39, 0.29) is 22.9 Å². The summed E-state index contributed by atoms with van der Waals surface area (Å²) in [6, 6.07) is 10.0. The van der Waals surface area contributed by atoms with Crippen molar-refractivity contribution in [2.45, 2.75) is 6.61 Å². The lowest BCUT2D eigenvalue weighted by atomic mass is 10.2. The molecule has 0 atom stereocenters. The van der Waals surface area contributed by atoms with E-state index >= 15 is 0 Å². The molecule has 0 heterocycles. The Balaban J connectivity index is 2.24. The zero-order chi connectivity index (χ0) is 14.7. The molecule has 2 rings (SSSR count). The molecule has 0 spiro atoms. The van der Waals surface area contributed by atoms with Crippen molar-refractivity contribution >= 4 is 51.6 Å². The molecular formula is C14H8Cl4O2. The smallest absolute Gasteiger partial charge is 0.256 e. The summed E-state index contributed by atoms with van der Waals surface area (Å²) in [5, 5.41) is 0.503. The summed E-state index contributed by atoms with van der Waals surface area (Å²) in [4.78, 5) is 11.4. The van der Waals surface area contributed by atoms with E-state index in [0.29, 0.717) is 10.0 Å². The van der Waals surface area contributed by atoms with E-state index in [0.717, 1.165) is 5.56 Å². The Hall–Kier alpha value is -0.930. The minimum Gasteiger partial charge on any atom is -0.487 e. The quantitative estimate of drug-likeness (QED) is 0.671. The minimum absolute atomic E-state index is 0.137. The molecule has 0 saturated carbocycles. The molecule has 0 amide bonds. The summed E-state index contributed by atoms with van der Waals surface area (Å²) < 4.78 is 5.57. The first kappa shape index (κ1) is 15.5. The van der Waals surface area contributed by atoms with Gasteiger partial charge < -0.3 is 4.74 Å². The molecular weight excluding hydrogens is 342 g/mol. The molecule has 0 radical (unpaired) electrons. The van der Waals surface area contributed by atoms with Gasteiger partial charge in [-0.2, -0.15) is 0 Å². The molecule has 2 aromatic carbocycles. The summed E-state index contributed by atoms with van der Waals surface area (Å²) in [7, 11) is 0. The lowest BCUT2D eigenvalue weighted by Gasteiger charge is -2.11. The largest absolute Gasteiger partial charge is 0.487 e. The van der Waals surface area contributed by atoms with Crippen LogP contribution < -0.4 is 4.74 Å². The van der Waals surface area contributed by atoms with Crippen molar-refractivity contribution < 1.29 is 9.53 Å². The molecule has 2 aromatic rings. The summed E-state index contributed by atoms with van der Waals surface area (Å²) >= 11 is 23.2. The summed E-state index contributed by atoms with van der Waals surface area (Å²) in [5.74, 6) is 0.214. The Kier molecular flexibility index (Phi) is 5.17. The summed E-state index contributed by atoms with van der Waals surface area (Å²) in [5.41, 5.74) is 1.02. The van der Waals surface area contributed by atoms with Gasteiger partial charge in [0.25, 0.3) is 5.24 Å². The molecule has 6 heteroatoms. The van der Waals surface area contributed by atoms with Gasteiger partial charge in [0.15, 0.2) is 5.75 Å². The van der Waals surface area contributed by atoms with E-state index in [2.05, 4.69) is 0 Å². The van der Waals surface area contributed by atoms with Crippen molar-refractivity contribution in [3.8, 4) is 5.75 Å². The van der Waals surface area contributed by atoms with Crippen molar-refractivity contribution in [2.24, 2.45) is 0 Å². The third kappa shape index (κ3) is 3.80. The SMILES string of the molecule is O=C(Cl)c1cc(Cl)cc(Cl)c1OCc1ccc(Cl)cc1. The number of benzene rings is 2. The van der Waals surface area contributed by atoms with E-state index < -0.39 is 5.24 Å². The highest BCUT2D eigenvalue weighted by atomic mass is 35.5. The number of ether oxygens (including phenoxy) is 1. The average molecular weight is 350 g/mol. The second kappa shape index (κ2) is 6.68. The lowest BCUT2D eigenvalue weighted by Crippen LogP contribution is -2.01. The monoisotopic (exact) mass is 348 g/mol. The molecule has 0 aliphatic rings. The van der Waals surface area contributed by atoms with Crippen LogP contribution in [0.2, 0.25) is 15.1 Å². The van der Waals surface area contributed by atoms with E-state index in [9.17, 15) is 4.79 Å². The van der Waals surface area contributed by atoms with E-state index in [1.54, 1.807) is 12.1 Å². The Bertz CT molecular complexity index is 638. The van der Waals surface area contributed by atoms with Gasteiger partial charge >= 0.3 is 0 Å². The third-order valence-electron chi connectivity index (χ3n) is 2.52. The van der Waals surface area contributed by atoms with Gasteiger partial charge in [0.05, 0.1) is 10.6 Å². The molecule has 0 fully saturated rings. The van der Waals surface area contributed by atoms with Gasteiger partial charge in [0.2, 0.25) is 0 Å². The Labute approximate surface area is 136 Å². The van der Waals surface area contributed by atoms with Crippen LogP contribution in [0.3, 0.4) is 0 Å². The standard InChI is InChI=1S/C14H8Cl4O2/c15-9-3-1-8(2-4-9)7-20-13-11(14(18)19)5-10(16)6-12(13)17/h1-6H,7H2. The van der Waals surface area contributed by atoms with Crippen molar-refractivity contribution in [3.63, 3.8) is 0 Å². The summed E-state index contributed by atoms with van der Waals surface area (Å²) in [6.45, 7) is 0.232. The van der Waals surface area contributed by atoms with Crippen molar-refractivity contribution in [2.75, 3.05) is 0 Å². The number of carbonyl (C=O) groups excluding carboxylic acids is 1. The Morgan fingerprint density at radius 1 is 1.00 bits per heavy atom. The van der Waals surface area contributed by atoms with Crippen molar-refractivity contribution in [1.29, 1.82) is 0 Å². The van der Waals surface area contributed by atoms with Crippen LogP contribution >= 0.6 is 46.4 Å². The van der Waals surface area contributed by atoms with Crippen molar-refractivity contribution in [1.82, 2.24) is 0 Å². The van der Waals surface area contributed by atoms with Crippen LogP contribution in [-0.4, -0.2) is 5.24 Å². The molecule has 0 aliphatic heterocycles. The Morgan fingerprint density at radius 2 is 1.65 bits per heavy atom. The first-order valence-corrected chi connectivity index (χ1v) is 7.04. The van der Waals surface area contributed by atoms with Crippen LogP contribution in [0.1, 0.15) is 15.9 Å². The fraction of sp³-hybridized carbons (Fsp3) is 0.0714. The van der Waals surface area contributed by atoms with Crippen LogP contribution in [0.25, 0.3) is 0 Å². The molecule has 2 nitrogen and oxygen atoms in total. The number of carbonyl (C=O) groups is 1. The van der Waals surface area contributed by atoms with E-state index in [4.69, 9.17) is 51.1 Å². The highest BCUT2D eigenvalue weighted by Crippen LogP contribution is 2.34. The first-order chi connectivity index (χ1) is 9.47. The maximum atomic E-state index is 11.4. The van der Waals surface area contributed by atoms with Gasteiger partial charge in [-0.15, -0.1) is 0 Å². The lowest BCUT2D eigenvalue weighted by molar-refractivity contribution is 0.107. The molecule has 0 unspecified atom stereocenters. The zero-order valence-corrected chi connectivity index (χ0v) is 13.0. The Morgan fingerprint density at radius 3 is 2.25 bits per heavy atom. The highest BCUT2D eigenvalue weighted by molar-refractivity contribution is 6.68. The van der Waals surface area contributed by atoms with E-state index in [1.807, 2.05) is 12.1 Å². The van der Waals surface area contributed by atoms with Crippen LogP contribution in [0.5, 0.6) is 5.75 Å². The maximum absolute atomic E-state index is 11.4. The van der Waals surface area contributed by atoms with Crippen molar-refractivity contribution in [3.05, 3.63) is 62.6 Å². The minimum atomic E-state index is -0.680. The molecule has 0 saturated heterocycles. The predicted molar refractivity (Wildman–Crippen MR) is 82.4 cm³/mol. The molecule has 20 heavy (non-hydrogen) atoms. The molecule has 0 bridgehead atoms. The van der Waals surface area contributed by atoms with Crippen LogP contribution in [-0.2, 0) is 6.61 Å². The van der Waals surface area contributed by atoms with Gasteiger partial charge in [-0.3, -0.25) is 4.79 Å². The molecule has 0 aromatic heterocycles. The summed E-state index contributed by atoms with van der Waals surface area (Å²) in [6.07, 6.45) is 0. The molecule has 104 valence electrons.